The Balaban J connectivity index is 1.75. The van der Waals surface area contributed by atoms with E-state index in [0.717, 1.165) is 6.42 Å². The molecule has 1 heterocycles. The average Bonchev–Trinajstić information content (AvgIpc) is 3.10. The molecule has 110 valence electrons. The van der Waals surface area contributed by atoms with Crippen molar-refractivity contribution < 1.29 is 20.1 Å². The summed E-state index contributed by atoms with van der Waals surface area (Å²) in [5.74, 6) is 0.385. The molecule has 0 amide bonds. The van der Waals surface area contributed by atoms with Gasteiger partial charge in [0.05, 0.1) is 12.0 Å². The van der Waals surface area contributed by atoms with E-state index >= 15 is 0 Å². The first kappa shape index (κ1) is 13.8. The fourth-order valence-corrected chi connectivity index (χ4v) is 3.23. The normalized spacial score (nSPS) is 40.9. The molecule has 0 aromatic rings. The quantitative estimate of drug-likeness (QED) is 0.699. The Morgan fingerprint density at radius 2 is 2.20 bits per heavy atom. The summed E-state index contributed by atoms with van der Waals surface area (Å²) in [6.07, 6.45) is 5.48. The Morgan fingerprint density at radius 1 is 1.40 bits per heavy atom. The first-order valence-corrected chi connectivity index (χ1v) is 7.18. The van der Waals surface area contributed by atoms with Crippen LogP contribution in [0.3, 0.4) is 0 Å². The summed E-state index contributed by atoms with van der Waals surface area (Å²) >= 11 is 0. The predicted octanol–water partition coefficient (Wildman–Crippen LogP) is 0.409. The fourth-order valence-electron chi connectivity index (χ4n) is 3.23. The third kappa shape index (κ3) is 2.20. The van der Waals surface area contributed by atoms with Gasteiger partial charge < -0.3 is 20.1 Å². The number of fused-ring (bicyclic) bond motifs is 1. The number of nitrogens with zero attached hydrogens (tertiary/aromatic N) is 1. The highest BCUT2D eigenvalue weighted by atomic mass is 16.5. The highest BCUT2D eigenvalue weighted by Gasteiger charge is 2.48. The maximum Gasteiger partial charge on any atom is 0.191 e. The van der Waals surface area contributed by atoms with E-state index in [0.29, 0.717) is 12.3 Å². The van der Waals surface area contributed by atoms with Crippen LogP contribution in [0.4, 0.5) is 0 Å². The Bertz CT molecular complexity index is 470. The number of aliphatic imine (C=N–C) groups is 1. The van der Waals surface area contributed by atoms with Crippen LogP contribution in [0, 0.1) is 11.8 Å². The van der Waals surface area contributed by atoms with Gasteiger partial charge in [-0.05, 0) is 19.8 Å². The van der Waals surface area contributed by atoms with Gasteiger partial charge >= 0.3 is 0 Å². The minimum Gasteiger partial charge on any atom is -0.475 e. The molecule has 5 nitrogen and oxygen atoms in total. The Kier molecular flexibility index (Phi) is 3.67. The fraction of sp³-hybridized carbons (Fsp3) is 0.667. The lowest BCUT2D eigenvalue weighted by Crippen LogP contribution is -2.52. The molecule has 1 aliphatic heterocycles. The predicted molar refractivity (Wildman–Crippen MR) is 74.3 cm³/mol. The van der Waals surface area contributed by atoms with Crippen LogP contribution in [0.2, 0.25) is 0 Å². The van der Waals surface area contributed by atoms with Crippen LogP contribution >= 0.6 is 0 Å². The first-order chi connectivity index (χ1) is 9.61. The van der Waals surface area contributed by atoms with E-state index in [4.69, 9.17) is 4.74 Å². The Labute approximate surface area is 118 Å². The molecule has 0 bridgehead atoms. The van der Waals surface area contributed by atoms with E-state index in [1.807, 2.05) is 13.0 Å². The van der Waals surface area contributed by atoms with Gasteiger partial charge in [0.25, 0.3) is 0 Å². The minimum atomic E-state index is -0.966. The molecule has 6 atom stereocenters. The molecule has 2 aliphatic carbocycles. The molecule has 5 heteroatoms. The standard InChI is InChI=1S/C15H21NO4/c1-8(9-4-2-3-5-9)15-16-12-11(20-15)6-10(7-17)13(18)14(12)19/h2-4,8,10-14,17-19H,5-7H2,1H3/t8?,10-,11+,12+,13-,14-/m1/s1. The molecule has 3 aliphatic rings. The highest BCUT2D eigenvalue weighted by molar-refractivity contribution is 5.83. The molecule has 1 fully saturated rings. The van der Waals surface area contributed by atoms with Crippen LogP contribution in [0.5, 0.6) is 0 Å². The van der Waals surface area contributed by atoms with Crippen molar-refractivity contribution in [3.8, 4) is 0 Å². The maximum atomic E-state index is 10.1. The molecule has 0 spiro atoms. The molecule has 3 rings (SSSR count). The second kappa shape index (κ2) is 5.31. The molecule has 1 unspecified atom stereocenters. The third-order valence-electron chi connectivity index (χ3n) is 4.61. The van der Waals surface area contributed by atoms with Gasteiger partial charge in [0, 0.05) is 12.5 Å². The lowest BCUT2D eigenvalue weighted by Gasteiger charge is -2.36. The Morgan fingerprint density at radius 3 is 2.85 bits per heavy atom. The van der Waals surface area contributed by atoms with Crippen LogP contribution in [0.25, 0.3) is 0 Å². The molecular formula is C15H21NO4. The van der Waals surface area contributed by atoms with Crippen LogP contribution < -0.4 is 0 Å². The third-order valence-corrected chi connectivity index (χ3v) is 4.61. The van der Waals surface area contributed by atoms with Gasteiger partial charge in [0.1, 0.15) is 18.2 Å². The largest absolute Gasteiger partial charge is 0.475 e. The molecule has 1 saturated carbocycles. The van der Waals surface area contributed by atoms with Gasteiger partial charge in [-0.2, -0.15) is 0 Å². The number of ether oxygens (including phenoxy) is 1. The van der Waals surface area contributed by atoms with Gasteiger partial charge in [0.2, 0.25) is 0 Å². The van der Waals surface area contributed by atoms with Crippen molar-refractivity contribution in [2.24, 2.45) is 16.8 Å². The van der Waals surface area contributed by atoms with Crippen LogP contribution in [0.15, 0.2) is 28.8 Å². The number of allylic oxidation sites excluding steroid dienone is 3. The van der Waals surface area contributed by atoms with Crippen LogP contribution in [-0.2, 0) is 4.74 Å². The van der Waals surface area contributed by atoms with Crippen molar-refractivity contribution in [3.05, 3.63) is 23.8 Å². The van der Waals surface area contributed by atoms with E-state index in [1.165, 1.54) is 5.57 Å². The summed E-state index contributed by atoms with van der Waals surface area (Å²) in [7, 11) is 0. The highest BCUT2D eigenvalue weighted by Crippen LogP contribution is 2.35. The van der Waals surface area contributed by atoms with Crippen molar-refractivity contribution in [1.29, 1.82) is 0 Å². The van der Waals surface area contributed by atoms with Gasteiger partial charge in [-0.25, -0.2) is 4.99 Å². The summed E-state index contributed by atoms with van der Waals surface area (Å²) in [4.78, 5) is 4.49. The van der Waals surface area contributed by atoms with Gasteiger partial charge in [-0.1, -0.05) is 23.8 Å². The molecule has 3 N–H and O–H groups in total. The maximum absolute atomic E-state index is 10.1. The van der Waals surface area contributed by atoms with Crippen LogP contribution in [0.1, 0.15) is 19.8 Å². The summed E-state index contributed by atoms with van der Waals surface area (Å²) < 4.78 is 5.89. The number of aliphatic hydroxyl groups is 3. The van der Waals surface area contributed by atoms with Crippen LogP contribution in [-0.4, -0.2) is 52.2 Å². The summed E-state index contributed by atoms with van der Waals surface area (Å²) in [6, 6.07) is -0.416. The van der Waals surface area contributed by atoms with E-state index in [9.17, 15) is 15.3 Å². The smallest absolute Gasteiger partial charge is 0.191 e. The zero-order chi connectivity index (χ0) is 14.3. The van der Waals surface area contributed by atoms with Crippen molar-refractivity contribution in [2.45, 2.75) is 44.1 Å². The molecule has 0 radical (unpaired) electrons. The molecule has 0 saturated heterocycles. The number of hydrogen-bond acceptors (Lipinski definition) is 5. The van der Waals surface area contributed by atoms with E-state index in [1.54, 1.807) is 0 Å². The molecule has 0 aromatic heterocycles. The lowest BCUT2D eigenvalue weighted by molar-refractivity contribution is -0.0948. The average molecular weight is 279 g/mol. The van der Waals surface area contributed by atoms with Gasteiger partial charge in [-0.3, -0.25) is 0 Å². The second-order valence-electron chi connectivity index (χ2n) is 5.87. The van der Waals surface area contributed by atoms with Crippen molar-refractivity contribution in [1.82, 2.24) is 0 Å². The molecule has 20 heavy (non-hydrogen) atoms. The lowest BCUT2D eigenvalue weighted by atomic mass is 9.80. The number of rotatable bonds is 3. The second-order valence-corrected chi connectivity index (χ2v) is 5.87. The van der Waals surface area contributed by atoms with Gasteiger partial charge in [0.15, 0.2) is 5.90 Å². The topological polar surface area (TPSA) is 82.3 Å². The number of aliphatic hydroxyl groups excluding tert-OH is 3. The first-order valence-electron chi connectivity index (χ1n) is 7.18. The van der Waals surface area contributed by atoms with E-state index in [2.05, 4.69) is 17.1 Å². The monoisotopic (exact) mass is 279 g/mol. The zero-order valence-corrected chi connectivity index (χ0v) is 11.5. The molecule has 0 aromatic carbocycles. The van der Waals surface area contributed by atoms with Crippen molar-refractivity contribution in [3.63, 3.8) is 0 Å². The van der Waals surface area contributed by atoms with Crippen molar-refractivity contribution in [2.75, 3.05) is 6.61 Å². The van der Waals surface area contributed by atoms with E-state index < -0.39 is 18.2 Å². The minimum absolute atomic E-state index is 0.0903. The van der Waals surface area contributed by atoms with Gasteiger partial charge in [-0.15, -0.1) is 0 Å². The summed E-state index contributed by atoms with van der Waals surface area (Å²) in [5, 5.41) is 29.4. The van der Waals surface area contributed by atoms with Crippen molar-refractivity contribution >= 4 is 5.90 Å². The Hall–Kier alpha value is -1.17. The zero-order valence-electron chi connectivity index (χ0n) is 11.5. The summed E-state index contributed by atoms with van der Waals surface area (Å²) in [6.45, 7) is 1.89. The van der Waals surface area contributed by atoms with E-state index in [-0.39, 0.29) is 24.5 Å². The molecular weight excluding hydrogens is 258 g/mol. The SMILES string of the molecule is CC(C1=CC=CC1)C1=N[C@@H]2[C@@H](O)[C@H](O)[C@@H](CO)C[C@@H]2O1. The number of hydrogen-bond donors (Lipinski definition) is 3. The summed E-state index contributed by atoms with van der Waals surface area (Å²) in [5.41, 5.74) is 1.25.